The first-order valence-corrected chi connectivity index (χ1v) is 5.42. The van der Waals surface area contributed by atoms with Gasteiger partial charge in [0.05, 0.1) is 6.54 Å². The minimum Gasteiger partial charge on any atom is -0.459 e. The number of ether oxygens (including phenoxy) is 1. The Morgan fingerprint density at radius 1 is 1.40 bits per heavy atom. The summed E-state index contributed by atoms with van der Waals surface area (Å²) in [5.41, 5.74) is 5.06. The van der Waals surface area contributed by atoms with Crippen LogP contribution < -0.4 is 5.73 Å². The van der Waals surface area contributed by atoms with Crippen molar-refractivity contribution in [3.8, 4) is 0 Å². The zero-order chi connectivity index (χ0) is 12.1. The van der Waals surface area contributed by atoms with Crippen LogP contribution in [0.4, 0.5) is 0 Å². The standard InChI is InChI=1S/C11H24N2O2/c1-9(2)13(7-6-12)8-10(14)15-11(3,4)5/h9H,6-8,12H2,1-5H3. The lowest BCUT2D eigenvalue weighted by Crippen LogP contribution is -2.41. The van der Waals surface area contributed by atoms with Crippen LogP contribution in [-0.4, -0.2) is 42.1 Å². The van der Waals surface area contributed by atoms with Crippen LogP contribution >= 0.6 is 0 Å². The van der Waals surface area contributed by atoms with Gasteiger partial charge in [0.1, 0.15) is 5.60 Å². The van der Waals surface area contributed by atoms with Crippen molar-refractivity contribution in [3.05, 3.63) is 0 Å². The van der Waals surface area contributed by atoms with Gasteiger partial charge >= 0.3 is 5.97 Å². The number of esters is 1. The maximum absolute atomic E-state index is 11.5. The number of carbonyl (C=O) groups is 1. The molecule has 0 bridgehead atoms. The Morgan fingerprint density at radius 2 is 1.93 bits per heavy atom. The Kier molecular flexibility index (Phi) is 5.83. The van der Waals surface area contributed by atoms with E-state index in [0.29, 0.717) is 19.1 Å². The molecule has 4 nitrogen and oxygen atoms in total. The van der Waals surface area contributed by atoms with Crippen LogP contribution in [0.5, 0.6) is 0 Å². The van der Waals surface area contributed by atoms with Crippen molar-refractivity contribution in [2.24, 2.45) is 5.73 Å². The van der Waals surface area contributed by atoms with Crippen LogP contribution in [0.25, 0.3) is 0 Å². The molecule has 0 heterocycles. The van der Waals surface area contributed by atoms with Crippen molar-refractivity contribution < 1.29 is 9.53 Å². The van der Waals surface area contributed by atoms with E-state index in [1.807, 2.05) is 39.5 Å². The fraction of sp³-hybridized carbons (Fsp3) is 0.909. The lowest BCUT2D eigenvalue weighted by molar-refractivity contribution is -0.156. The van der Waals surface area contributed by atoms with E-state index >= 15 is 0 Å². The normalized spacial score (nSPS) is 12.3. The highest BCUT2D eigenvalue weighted by Gasteiger charge is 2.19. The molecule has 0 aliphatic heterocycles. The zero-order valence-corrected chi connectivity index (χ0v) is 10.5. The molecule has 0 fully saturated rings. The van der Waals surface area contributed by atoms with Gasteiger partial charge < -0.3 is 10.5 Å². The Hall–Kier alpha value is -0.610. The summed E-state index contributed by atoms with van der Waals surface area (Å²) in [6.07, 6.45) is 0. The third-order valence-corrected chi connectivity index (χ3v) is 1.90. The summed E-state index contributed by atoms with van der Waals surface area (Å²) in [6, 6.07) is 0.307. The van der Waals surface area contributed by atoms with Gasteiger partial charge in [0, 0.05) is 19.1 Å². The quantitative estimate of drug-likeness (QED) is 0.697. The molecule has 2 N–H and O–H groups in total. The maximum atomic E-state index is 11.5. The molecule has 0 radical (unpaired) electrons. The van der Waals surface area contributed by atoms with Crippen LogP contribution in [0.2, 0.25) is 0 Å². The van der Waals surface area contributed by atoms with E-state index < -0.39 is 5.60 Å². The van der Waals surface area contributed by atoms with Gasteiger partial charge in [-0.05, 0) is 34.6 Å². The van der Waals surface area contributed by atoms with Gasteiger partial charge in [0.25, 0.3) is 0 Å². The SMILES string of the molecule is CC(C)N(CCN)CC(=O)OC(C)(C)C. The van der Waals surface area contributed by atoms with Crippen LogP contribution in [0, 0.1) is 0 Å². The van der Waals surface area contributed by atoms with Crippen molar-refractivity contribution in [1.29, 1.82) is 0 Å². The predicted octanol–water partition coefficient (Wildman–Crippen LogP) is 0.997. The molecule has 0 aliphatic carbocycles. The van der Waals surface area contributed by atoms with Crippen molar-refractivity contribution in [3.63, 3.8) is 0 Å². The monoisotopic (exact) mass is 216 g/mol. The highest BCUT2D eigenvalue weighted by atomic mass is 16.6. The number of hydrogen-bond acceptors (Lipinski definition) is 4. The molecule has 0 rings (SSSR count). The molecule has 0 spiro atoms. The largest absolute Gasteiger partial charge is 0.459 e. The Bertz CT molecular complexity index is 197. The lowest BCUT2D eigenvalue weighted by atomic mass is 10.2. The van der Waals surface area contributed by atoms with E-state index in [1.54, 1.807) is 0 Å². The van der Waals surface area contributed by atoms with E-state index in [-0.39, 0.29) is 5.97 Å². The molecule has 0 aromatic heterocycles. The van der Waals surface area contributed by atoms with Crippen molar-refractivity contribution in [2.75, 3.05) is 19.6 Å². The van der Waals surface area contributed by atoms with Gasteiger partial charge in [0.15, 0.2) is 0 Å². The Balaban J connectivity index is 4.11. The molecule has 0 saturated carbocycles. The number of nitrogens with zero attached hydrogens (tertiary/aromatic N) is 1. The number of hydrogen-bond donors (Lipinski definition) is 1. The van der Waals surface area contributed by atoms with E-state index in [0.717, 1.165) is 6.54 Å². The Morgan fingerprint density at radius 3 is 2.27 bits per heavy atom. The topological polar surface area (TPSA) is 55.6 Å². The summed E-state index contributed by atoms with van der Waals surface area (Å²) in [5.74, 6) is -0.190. The molecular formula is C11H24N2O2. The fourth-order valence-corrected chi connectivity index (χ4v) is 1.23. The van der Waals surface area contributed by atoms with Gasteiger partial charge in [-0.2, -0.15) is 0 Å². The van der Waals surface area contributed by atoms with Crippen LogP contribution in [0.3, 0.4) is 0 Å². The van der Waals surface area contributed by atoms with Crippen molar-refractivity contribution in [2.45, 2.75) is 46.3 Å². The van der Waals surface area contributed by atoms with Crippen LogP contribution in [0.1, 0.15) is 34.6 Å². The molecule has 4 heteroatoms. The lowest BCUT2D eigenvalue weighted by Gasteiger charge is -2.27. The molecule has 0 atom stereocenters. The third-order valence-electron chi connectivity index (χ3n) is 1.90. The minimum atomic E-state index is -0.414. The number of carbonyl (C=O) groups excluding carboxylic acids is 1. The number of rotatable bonds is 5. The van der Waals surface area contributed by atoms with Gasteiger partial charge in [-0.3, -0.25) is 9.69 Å². The average Bonchev–Trinajstić information content (AvgIpc) is 1.99. The number of nitrogens with two attached hydrogens (primary N) is 1. The molecule has 0 aromatic carbocycles. The average molecular weight is 216 g/mol. The molecule has 0 saturated heterocycles. The van der Waals surface area contributed by atoms with Gasteiger partial charge in [0.2, 0.25) is 0 Å². The molecule has 0 unspecified atom stereocenters. The summed E-state index contributed by atoms with van der Waals surface area (Å²) in [7, 11) is 0. The van der Waals surface area contributed by atoms with E-state index in [4.69, 9.17) is 10.5 Å². The molecule has 15 heavy (non-hydrogen) atoms. The second-order valence-corrected chi connectivity index (χ2v) is 4.94. The van der Waals surface area contributed by atoms with Gasteiger partial charge in [-0.15, -0.1) is 0 Å². The first kappa shape index (κ1) is 14.4. The minimum absolute atomic E-state index is 0.190. The smallest absolute Gasteiger partial charge is 0.320 e. The molecule has 0 aromatic rings. The first-order chi connectivity index (χ1) is 6.76. The summed E-state index contributed by atoms with van der Waals surface area (Å²) in [5, 5.41) is 0. The molecular weight excluding hydrogens is 192 g/mol. The zero-order valence-electron chi connectivity index (χ0n) is 10.5. The first-order valence-electron chi connectivity index (χ1n) is 5.42. The van der Waals surface area contributed by atoms with Crippen molar-refractivity contribution >= 4 is 5.97 Å². The van der Waals surface area contributed by atoms with Gasteiger partial charge in [-0.25, -0.2) is 0 Å². The predicted molar refractivity (Wildman–Crippen MR) is 61.6 cm³/mol. The van der Waals surface area contributed by atoms with Gasteiger partial charge in [-0.1, -0.05) is 0 Å². The maximum Gasteiger partial charge on any atom is 0.320 e. The second kappa shape index (κ2) is 6.08. The van der Waals surface area contributed by atoms with E-state index in [9.17, 15) is 4.79 Å². The van der Waals surface area contributed by atoms with Crippen LogP contribution in [-0.2, 0) is 9.53 Å². The summed E-state index contributed by atoms with van der Waals surface area (Å²) in [6.45, 7) is 11.3. The summed E-state index contributed by atoms with van der Waals surface area (Å²) >= 11 is 0. The third kappa shape index (κ3) is 7.33. The molecule has 90 valence electrons. The Labute approximate surface area is 92.8 Å². The van der Waals surface area contributed by atoms with Crippen molar-refractivity contribution in [1.82, 2.24) is 4.90 Å². The van der Waals surface area contributed by atoms with Crippen LogP contribution in [0.15, 0.2) is 0 Å². The second-order valence-electron chi connectivity index (χ2n) is 4.94. The highest BCUT2D eigenvalue weighted by molar-refractivity contribution is 5.72. The molecule has 0 amide bonds. The molecule has 0 aliphatic rings. The van der Waals surface area contributed by atoms with E-state index in [1.165, 1.54) is 0 Å². The summed E-state index contributed by atoms with van der Waals surface area (Å²) in [4.78, 5) is 13.6. The van der Waals surface area contributed by atoms with E-state index in [2.05, 4.69) is 0 Å². The highest BCUT2D eigenvalue weighted by Crippen LogP contribution is 2.08. The summed E-state index contributed by atoms with van der Waals surface area (Å²) < 4.78 is 5.24. The fourth-order valence-electron chi connectivity index (χ4n) is 1.23.